The van der Waals surface area contributed by atoms with Gasteiger partial charge in [-0.1, -0.05) is 23.7 Å². The molecule has 10 heteroatoms. The minimum atomic E-state index is -0.792. The number of ether oxygens (including phenoxy) is 1. The topological polar surface area (TPSA) is 106 Å². The summed E-state index contributed by atoms with van der Waals surface area (Å²) in [6.07, 6.45) is 0.782. The molecule has 1 fully saturated rings. The highest BCUT2D eigenvalue weighted by Crippen LogP contribution is 2.30. The Morgan fingerprint density at radius 1 is 1.23 bits per heavy atom. The van der Waals surface area contributed by atoms with Gasteiger partial charge in [-0.3, -0.25) is 4.79 Å². The van der Waals surface area contributed by atoms with Gasteiger partial charge in [0.25, 0.3) is 5.56 Å². The number of aromatic nitrogens is 3. The summed E-state index contributed by atoms with van der Waals surface area (Å²) in [5, 5.41) is 14.4. The first-order valence-electron chi connectivity index (χ1n) is 11.2. The van der Waals surface area contributed by atoms with E-state index in [4.69, 9.17) is 21.3 Å². The fourth-order valence-electron chi connectivity index (χ4n) is 4.29. The quantitative estimate of drug-likeness (QED) is 0.311. The Bertz CT molecular complexity index is 1380. The predicted octanol–water partition coefficient (Wildman–Crippen LogP) is 3.97. The Kier molecular flexibility index (Phi) is 7.71. The second-order valence-electron chi connectivity index (χ2n) is 8.39. The maximum absolute atomic E-state index is 12.8. The third kappa shape index (κ3) is 5.33. The van der Waals surface area contributed by atoms with Gasteiger partial charge in [-0.25, -0.2) is 4.98 Å². The van der Waals surface area contributed by atoms with Crippen LogP contribution in [0.2, 0.25) is 5.02 Å². The van der Waals surface area contributed by atoms with Crippen molar-refractivity contribution in [1.82, 2.24) is 15.0 Å². The molecule has 0 radical (unpaired) electrons. The van der Waals surface area contributed by atoms with Gasteiger partial charge in [0.05, 0.1) is 36.0 Å². The summed E-state index contributed by atoms with van der Waals surface area (Å²) in [4.78, 5) is 25.9. The molecule has 0 unspecified atom stereocenters. The van der Waals surface area contributed by atoms with E-state index in [1.54, 1.807) is 30.5 Å². The van der Waals surface area contributed by atoms with E-state index in [1.807, 2.05) is 13.0 Å². The molecule has 35 heavy (non-hydrogen) atoms. The van der Waals surface area contributed by atoms with Crippen molar-refractivity contribution in [3.8, 4) is 11.4 Å². The van der Waals surface area contributed by atoms with Crippen molar-refractivity contribution in [1.29, 1.82) is 0 Å². The van der Waals surface area contributed by atoms with Crippen LogP contribution in [0.5, 0.6) is 0 Å². The van der Waals surface area contributed by atoms with Gasteiger partial charge in [-0.2, -0.15) is 13.5 Å². The van der Waals surface area contributed by atoms with Gasteiger partial charge in [-0.15, -0.1) is 0 Å². The number of aliphatic hydroxyl groups excluding tert-OH is 1. The fourth-order valence-corrected chi connectivity index (χ4v) is 4.49. The number of hydrogen-bond acceptors (Lipinski definition) is 6. The maximum atomic E-state index is 12.8. The number of halogens is 1. The number of aryl methyl sites for hydroxylation is 1. The van der Waals surface area contributed by atoms with Gasteiger partial charge >= 0.3 is 0 Å². The molecule has 0 bridgehead atoms. The van der Waals surface area contributed by atoms with Crippen LogP contribution in [0.1, 0.15) is 17.2 Å². The zero-order valence-electron chi connectivity index (χ0n) is 19.3. The van der Waals surface area contributed by atoms with E-state index in [0.717, 1.165) is 35.4 Å². The molecule has 8 nitrogen and oxygen atoms in total. The van der Waals surface area contributed by atoms with Gasteiger partial charge < -0.3 is 30.0 Å². The SMILES string of the molecule is Cc1cc(N2CCOCC2)cc2[nH]c(-c3c(NC[C@@H](O)c4cccc(Cl)c4)cc[nH]c3=O)nc12.S. The number of rotatable bonds is 6. The number of hydrogen-bond donors (Lipinski definition) is 4. The van der Waals surface area contributed by atoms with E-state index in [0.29, 0.717) is 40.9 Å². The lowest BCUT2D eigenvalue weighted by molar-refractivity contribution is 0.122. The van der Waals surface area contributed by atoms with Crippen LogP contribution in [0.25, 0.3) is 22.4 Å². The van der Waals surface area contributed by atoms with E-state index >= 15 is 0 Å². The molecule has 3 heterocycles. The van der Waals surface area contributed by atoms with Crippen molar-refractivity contribution >= 4 is 47.5 Å². The third-order valence-electron chi connectivity index (χ3n) is 6.06. The molecule has 1 saturated heterocycles. The number of fused-ring (bicyclic) bond motifs is 1. The molecule has 184 valence electrons. The smallest absolute Gasteiger partial charge is 0.261 e. The molecular weight excluding hydrogens is 486 g/mol. The molecule has 0 amide bonds. The Labute approximate surface area is 214 Å². The molecule has 2 aromatic heterocycles. The minimum absolute atomic E-state index is 0. The number of nitrogens with one attached hydrogen (secondary N) is 3. The van der Waals surface area contributed by atoms with E-state index in [1.165, 1.54) is 0 Å². The number of H-pyrrole nitrogens is 2. The van der Waals surface area contributed by atoms with Crippen LogP contribution in [-0.4, -0.2) is 52.9 Å². The first kappa shape index (κ1) is 25.1. The maximum Gasteiger partial charge on any atom is 0.261 e. The Balaban J connectivity index is 0.00000289. The highest BCUT2D eigenvalue weighted by molar-refractivity contribution is 7.59. The summed E-state index contributed by atoms with van der Waals surface area (Å²) in [7, 11) is 0. The molecule has 4 aromatic rings. The van der Waals surface area contributed by atoms with Crippen LogP contribution < -0.4 is 15.8 Å². The normalized spacial score (nSPS) is 14.5. The van der Waals surface area contributed by atoms with Crippen molar-refractivity contribution in [2.45, 2.75) is 13.0 Å². The monoisotopic (exact) mass is 513 g/mol. The van der Waals surface area contributed by atoms with Crippen LogP contribution >= 0.6 is 25.1 Å². The fraction of sp³-hybridized carbons (Fsp3) is 0.280. The number of pyridine rings is 1. The van der Waals surface area contributed by atoms with E-state index < -0.39 is 6.10 Å². The van der Waals surface area contributed by atoms with Crippen LogP contribution in [0.4, 0.5) is 11.4 Å². The highest BCUT2D eigenvalue weighted by atomic mass is 35.5. The van der Waals surface area contributed by atoms with E-state index in [-0.39, 0.29) is 25.6 Å². The van der Waals surface area contributed by atoms with Crippen LogP contribution in [0.15, 0.2) is 53.5 Å². The van der Waals surface area contributed by atoms with Crippen LogP contribution in [0, 0.1) is 6.92 Å². The molecule has 4 N–H and O–H groups in total. The van der Waals surface area contributed by atoms with Gasteiger partial charge in [0.15, 0.2) is 0 Å². The zero-order chi connectivity index (χ0) is 23.7. The van der Waals surface area contributed by atoms with Crippen molar-refractivity contribution in [2.75, 3.05) is 43.1 Å². The lowest BCUT2D eigenvalue weighted by Crippen LogP contribution is -2.36. The zero-order valence-corrected chi connectivity index (χ0v) is 21.0. The Morgan fingerprint density at radius 2 is 2.03 bits per heavy atom. The minimum Gasteiger partial charge on any atom is -0.387 e. The summed E-state index contributed by atoms with van der Waals surface area (Å²) in [5.41, 5.74) is 5.21. The van der Waals surface area contributed by atoms with Gasteiger partial charge in [0.2, 0.25) is 0 Å². The Morgan fingerprint density at radius 3 is 2.80 bits per heavy atom. The van der Waals surface area contributed by atoms with Gasteiger partial charge in [0.1, 0.15) is 11.4 Å². The van der Waals surface area contributed by atoms with Gasteiger partial charge in [-0.05, 0) is 48.4 Å². The molecule has 1 atom stereocenters. The molecule has 0 saturated carbocycles. The van der Waals surface area contributed by atoms with Crippen molar-refractivity contribution in [2.24, 2.45) is 0 Å². The number of anilines is 2. The van der Waals surface area contributed by atoms with Crippen molar-refractivity contribution in [3.05, 3.63) is 75.2 Å². The molecule has 2 aromatic carbocycles. The van der Waals surface area contributed by atoms with E-state index in [9.17, 15) is 9.90 Å². The molecule has 5 rings (SSSR count). The number of aliphatic hydroxyl groups is 1. The second kappa shape index (κ2) is 10.7. The summed E-state index contributed by atoms with van der Waals surface area (Å²) < 4.78 is 5.47. The molecule has 1 aliphatic heterocycles. The summed E-state index contributed by atoms with van der Waals surface area (Å²) in [6.45, 7) is 5.33. The number of imidazole rings is 1. The number of benzene rings is 2. The standard InChI is InChI=1S/C25H26ClN5O3.H2S/c1-15-11-18(31-7-9-34-10-8-31)13-20-23(15)30-24(29-20)22-19(5-6-27-25(22)33)28-14-21(32)16-3-2-4-17(26)12-16;/h2-6,11-13,21,32H,7-10,14H2,1H3,(H,29,30)(H2,27,28,33);1H2/t21-;/m1./s1. The molecule has 0 spiro atoms. The molecule has 0 aliphatic carbocycles. The predicted molar refractivity (Wildman–Crippen MR) is 145 cm³/mol. The highest BCUT2D eigenvalue weighted by Gasteiger charge is 2.18. The third-order valence-corrected chi connectivity index (χ3v) is 6.29. The summed E-state index contributed by atoms with van der Waals surface area (Å²) >= 11 is 6.05. The van der Waals surface area contributed by atoms with Crippen LogP contribution in [0.3, 0.4) is 0 Å². The van der Waals surface area contributed by atoms with E-state index in [2.05, 4.69) is 32.3 Å². The number of nitrogens with zero attached hydrogens (tertiary/aromatic N) is 2. The summed E-state index contributed by atoms with van der Waals surface area (Å²) in [6, 6.07) is 13.0. The lowest BCUT2D eigenvalue weighted by Gasteiger charge is -2.29. The van der Waals surface area contributed by atoms with Crippen molar-refractivity contribution in [3.63, 3.8) is 0 Å². The number of morpholine rings is 1. The largest absolute Gasteiger partial charge is 0.387 e. The average molecular weight is 514 g/mol. The average Bonchev–Trinajstić information content (AvgIpc) is 3.27. The van der Waals surface area contributed by atoms with Crippen LogP contribution in [-0.2, 0) is 4.74 Å². The molecular formula is C25H28ClN5O3S. The first-order chi connectivity index (χ1) is 16.5. The van der Waals surface area contributed by atoms with Gasteiger partial charge in [0, 0.05) is 36.5 Å². The number of aromatic amines is 2. The first-order valence-corrected chi connectivity index (χ1v) is 11.6. The second-order valence-corrected chi connectivity index (χ2v) is 8.83. The Hall–Kier alpha value is -2.98. The van der Waals surface area contributed by atoms with Crippen molar-refractivity contribution < 1.29 is 9.84 Å². The lowest BCUT2D eigenvalue weighted by atomic mass is 10.1. The molecule has 1 aliphatic rings. The summed E-state index contributed by atoms with van der Waals surface area (Å²) in [5.74, 6) is 0.471.